The fraction of sp³-hybridized carbons (Fsp3) is 0.478. The van der Waals surface area contributed by atoms with Crippen LogP contribution < -0.4 is 4.74 Å². The molecule has 0 bridgehead atoms. The van der Waals surface area contributed by atoms with Gasteiger partial charge in [-0.05, 0) is 30.6 Å². The average Bonchev–Trinajstić information content (AvgIpc) is 2.72. The molecule has 2 aromatic rings. The number of carbonyl (C=O) groups excluding carboxylic acids is 1. The summed E-state index contributed by atoms with van der Waals surface area (Å²) in [6.45, 7) is 13.3. The average molecular weight is 384 g/mol. The molecule has 1 aromatic carbocycles. The van der Waals surface area contributed by atoms with E-state index in [-0.39, 0.29) is 5.91 Å². The highest BCUT2D eigenvalue weighted by Crippen LogP contribution is 2.15. The minimum absolute atomic E-state index is 0.0350. The van der Waals surface area contributed by atoms with Crippen LogP contribution in [0.4, 0.5) is 0 Å². The van der Waals surface area contributed by atoms with Crippen molar-refractivity contribution in [1.29, 1.82) is 0 Å². The summed E-state index contributed by atoms with van der Waals surface area (Å²) >= 11 is 0. The number of aromatic nitrogens is 1. The van der Waals surface area contributed by atoms with Gasteiger partial charge in [0, 0.05) is 37.5 Å². The van der Waals surface area contributed by atoms with E-state index in [2.05, 4.69) is 37.6 Å². The van der Waals surface area contributed by atoms with E-state index in [0.29, 0.717) is 24.0 Å². The summed E-state index contributed by atoms with van der Waals surface area (Å²) in [5.41, 5.74) is 1.69. The number of benzene rings is 1. The first-order valence-electron chi connectivity index (χ1n) is 10.2. The van der Waals surface area contributed by atoms with Gasteiger partial charge in [-0.25, -0.2) is 4.98 Å². The highest BCUT2D eigenvalue weighted by Gasteiger charge is 2.18. The molecule has 1 heterocycles. The molecule has 0 saturated heterocycles. The third-order valence-electron chi connectivity index (χ3n) is 4.66. The fourth-order valence-electron chi connectivity index (χ4n) is 3.05. The Hall–Kier alpha value is -2.40. The lowest BCUT2D eigenvalue weighted by Gasteiger charge is -2.28. The zero-order valence-corrected chi connectivity index (χ0v) is 17.6. The molecule has 0 aliphatic heterocycles. The van der Waals surface area contributed by atoms with Crippen molar-refractivity contribution in [2.45, 2.75) is 34.3 Å². The highest BCUT2D eigenvalue weighted by molar-refractivity contribution is 5.94. The lowest BCUT2D eigenvalue weighted by atomic mass is 10.1. The Morgan fingerprint density at radius 2 is 1.79 bits per heavy atom. The number of nitrogens with zero attached hydrogens (tertiary/aromatic N) is 3. The smallest absolute Gasteiger partial charge is 0.254 e. The summed E-state index contributed by atoms with van der Waals surface area (Å²) in [6, 6.07) is 13.5. The van der Waals surface area contributed by atoms with Crippen molar-refractivity contribution in [2.24, 2.45) is 5.92 Å². The zero-order chi connectivity index (χ0) is 20.4. The van der Waals surface area contributed by atoms with Crippen molar-refractivity contribution in [3.63, 3.8) is 0 Å². The number of carbonyl (C=O) groups is 1. The molecule has 1 aromatic heterocycles. The molecule has 0 saturated carbocycles. The maximum atomic E-state index is 13.1. The largest absolute Gasteiger partial charge is 0.473 e. The normalized spacial score (nSPS) is 11.1. The Balaban J connectivity index is 2.05. The molecular weight excluding hydrogens is 350 g/mol. The molecule has 0 aliphatic rings. The lowest BCUT2D eigenvalue weighted by Crippen LogP contribution is -2.40. The predicted octanol–water partition coefficient (Wildman–Crippen LogP) is 4.10. The maximum absolute atomic E-state index is 13.1. The van der Waals surface area contributed by atoms with Gasteiger partial charge in [-0.1, -0.05) is 58.0 Å². The summed E-state index contributed by atoms with van der Waals surface area (Å²) < 4.78 is 5.79. The maximum Gasteiger partial charge on any atom is 0.254 e. The third-order valence-corrected chi connectivity index (χ3v) is 4.66. The molecule has 1 amide bonds. The molecule has 0 radical (unpaired) electrons. The van der Waals surface area contributed by atoms with Crippen LogP contribution in [0.1, 0.15) is 43.6 Å². The molecule has 0 N–H and O–H groups in total. The molecule has 28 heavy (non-hydrogen) atoms. The van der Waals surface area contributed by atoms with Gasteiger partial charge in [-0.2, -0.15) is 0 Å². The van der Waals surface area contributed by atoms with E-state index in [1.165, 1.54) is 0 Å². The minimum atomic E-state index is 0.0350. The first kappa shape index (κ1) is 21.9. The number of hydrogen-bond acceptors (Lipinski definition) is 4. The van der Waals surface area contributed by atoms with Crippen LogP contribution in [0, 0.1) is 5.92 Å². The second-order valence-corrected chi connectivity index (χ2v) is 7.33. The number of rotatable bonds is 11. The number of ether oxygens (including phenoxy) is 1. The van der Waals surface area contributed by atoms with Crippen LogP contribution in [0.5, 0.6) is 5.88 Å². The second-order valence-electron chi connectivity index (χ2n) is 7.33. The Bertz CT molecular complexity index is 715. The second kappa shape index (κ2) is 11.4. The predicted molar refractivity (Wildman–Crippen MR) is 114 cm³/mol. The van der Waals surface area contributed by atoms with Gasteiger partial charge in [0.25, 0.3) is 5.91 Å². The Kier molecular flexibility index (Phi) is 8.95. The molecule has 5 heteroatoms. The van der Waals surface area contributed by atoms with Crippen LogP contribution in [0.15, 0.2) is 48.7 Å². The van der Waals surface area contributed by atoms with Gasteiger partial charge in [0.1, 0.15) is 6.61 Å². The van der Waals surface area contributed by atoms with Gasteiger partial charge in [0.15, 0.2) is 0 Å². The molecule has 0 fully saturated rings. The molecule has 152 valence electrons. The van der Waals surface area contributed by atoms with Gasteiger partial charge < -0.3 is 14.5 Å². The topological polar surface area (TPSA) is 45.7 Å². The van der Waals surface area contributed by atoms with E-state index in [0.717, 1.165) is 38.3 Å². The van der Waals surface area contributed by atoms with Gasteiger partial charge in [0.05, 0.1) is 0 Å². The van der Waals surface area contributed by atoms with Crippen molar-refractivity contribution >= 4 is 5.91 Å². The van der Waals surface area contributed by atoms with Crippen LogP contribution >= 0.6 is 0 Å². The quantitative estimate of drug-likeness (QED) is 0.586. The van der Waals surface area contributed by atoms with Crippen molar-refractivity contribution < 1.29 is 9.53 Å². The van der Waals surface area contributed by atoms with E-state index >= 15 is 0 Å². The zero-order valence-electron chi connectivity index (χ0n) is 17.6. The standard InChI is InChI=1S/C23H33N3O2/c1-5-25(6-2)14-15-26(17-19(3)4)23(27)21-12-13-24-22(16-21)28-18-20-10-8-7-9-11-20/h7-13,16,19H,5-6,14-15,17-18H2,1-4H3. The molecule has 2 rings (SSSR count). The van der Waals surface area contributed by atoms with Crippen molar-refractivity contribution in [3.8, 4) is 5.88 Å². The SMILES string of the molecule is CCN(CC)CCN(CC(C)C)C(=O)c1ccnc(OCc2ccccc2)c1. The minimum Gasteiger partial charge on any atom is -0.473 e. The Labute approximate surface area is 169 Å². The molecule has 0 spiro atoms. The van der Waals surface area contributed by atoms with Crippen LogP contribution in [0.2, 0.25) is 0 Å². The van der Waals surface area contributed by atoms with E-state index in [9.17, 15) is 4.79 Å². The molecule has 0 aliphatic carbocycles. The summed E-state index contributed by atoms with van der Waals surface area (Å²) in [5, 5.41) is 0. The Morgan fingerprint density at radius 3 is 2.43 bits per heavy atom. The lowest BCUT2D eigenvalue weighted by molar-refractivity contribution is 0.0715. The number of pyridine rings is 1. The third kappa shape index (κ3) is 6.97. The van der Waals surface area contributed by atoms with Gasteiger partial charge in [-0.3, -0.25) is 4.79 Å². The van der Waals surface area contributed by atoms with Crippen LogP contribution in [-0.4, -0.2) is 53.4 Å². The van der Waals surface area contributed by atoms with Crippen LogP contribution in [0.25, 0.3) is 0 Å². The van der Waals surface area contributed by atoms with Gasteiger partial charge in [0.2, 0.25) is 5.88 Å². The number of hydrogen-bond donors (Lipinski definition) is 0. The van der Waals surface area contributed by atoms with Crippen molar-refractivity contribution in [2.75, 3.05) is 32.7 Å². The van der Waals surface area contributed by atoms with Crippen LogP contribution in [0.3, 0.4) is 0 Å². The Morgan fingerprint density at radius 1 is 1.07 bits per heavy atom. The van der Waals surface area contributed by atoms with Crippen molar-refractivity contribution in [3.05, 3.63) is 59.8 Å². The molecule has 0 unspecified atom stereocenters. The molecule has 0 atom stereocenters. The summed E-state index contributed by atoms with van der Waals surface area (Å²) in [4.78, 5) is 21.7. The van der Waals surface area contributed by atoms with E-state index in [1.807, 2.05) is 35.2 Å². The van der Waals surface area contributed by atoms with E-state index in [1.54, 1.807) is 18.3 Å². The molecule has 5 nitrogen and oxygen atoms in total. The van der Waals surface area contributed by atoms with Gasteiger partial charge in [-0.15, -0.1) is 0 Å². The fourth-order valence-corrected chi connectivity index (χ4v) is 3.05. The number of amides is 1. The molecular formula is C23H33N3O2. The summed E-state index contributed by atoms with van der Waals surface area (Å²) in [6.07, 6.45) is 1.64. The first-order valence-corrected chi connectivity index (χ1v) is 10.2. The summed E-state index contributed by atoms with van der Waals surface area (Å²) in [5.74, 6) is 0.923. The highest BCUT2D eigenvalue weighted by atomic mass is 16.5. The summed E-state index contributed by atoms with van der Waals surface area (Å²) in [7, 11) is 0. The van der Waals surface area contributed by atoms with Crippen LogP contribution in [-0.2, 0) is 6.61 Å². The number of likely N-dealkylation sites (N-methyl/N-ethyl adjacent to an activating group) is 1. The van der Waals surface area contributed by atoms with Crippen molar-refractivity contribution in [1.82, 2.24) is 14.8 Å². The van der Waals surface area contributed by atoms with E-state index < -0.39 is 0 Å². The van der Waals surface area contributed by atoms with E-state index in [4.69, 9.17) is 4.74 Å². The van der Waals surface area contributed by atoms with Gasteiger partial charge >= 0.3 is 0 Å². The first-order chi connectivity index (χ1) is 13.5. The monoisotopic (exact) mass is 383 g/mol.